The highest BCUT2D eigenvalue weighted by Gasteiger charge is 2.19. The fraction of sp³-hybridized carbons (Fsp3) is 0.917. The van der Waals surface area contributed by atoms with Gasteiger partial charge in [-0.1, -0.05) is 32.6 Å². The third kappa shape index (κ3) is 4.65. The van der Waals surface area contributed by atoms with Crippen LogP contribution in [-0.4, -0.2) is 19.0 Å². The molecule has 0 spiro atoms. The molecule has 0 radical (unpaired) electrons. The first kappa shape index (κ1) is 12.5. The molecule has 1 rings (SSSR count). The average molecular weight is 212 g/mol. The minimum atomic E-state index is 0.247. The molecule has 1 fully saturated rings. The van der Waals surface area contributed by atoms with Gasteiger partial charge in [-0.05, 0) is 25.3 Å². The van der Waals surface area contributed by atoms with Crippen molar-refractivity contribution in [2.75, 3.05) is 13.1 Å². The Morgan fingerprint density at radius 1 is 1.33 bits per heavy atom. The molecule has 0 aromatic rings. The van der Waals surface area contributed by atoms with Crippen molar-refractivity contribution in [2.24, 2.45) is 17.6 Å². The standard InChI is InChI=1S/C12H24N2O/c1-10(8-13)9-14-12(15)11-6-4-2-3-5-7-11/h10-11H,2-9,13H2,1H3,(H,14,15). The van der Waals surface area contributed by atoms with Crippen LogP contribution in [0.15, 0.2) is 0 Å². The van der Waals surface area contributed by atoms with E-state index in [1.807, 2.05) is 0 Å². The molecule has 1 aliphatic carbocycles. The van der Waals surface area contributed by atoms with Gasteiger partial charge in [0.2, 0.25) is 5.91 Å². The van der Waals surface area contributed by atoms with Crippen molar-refractivity contribution in [3.05, 3.63) is 0 Å². The molecule has 1 unspecified atom stereocenters. The number of hydrogen-bond donors (Lipinski definition) is 2. The van der Waals surface area contributed by atoms with E-state index < -0.39 is 0 Å². The molecule has 0 aromatic carbocycles. The summed E-state index contributed by atoms with van der Waals surface area (Å²) in [5.74, 6) is 0.898. The predicted molar refractivity (Wildman–Crippen MR) is 62.4 cm³/mol. The molecule has 3 N–H and O–H groups in total. The Kier molecular flexibility index (Phi) is 5.69. The molecule has 3 heteroatoms. The van der Waals surface area contributed by atoms with E-state index in [9.17, 15) is 4.79 Å². The Morgan fingerprint density at radius 2 is 1.93 bits per heavy atom. The largest absolute Gasteiger partial charge is 0.356 e. The third-order valence-electron chi connectivity index (χ3n) is 3.25. The van der Waals surface area contributed by atoms with E-state index in [1.54, 1.807) is 0 Å². The second kappa shape index (κ2) is 6.83. The van der Waals surface area contributed by atoms with Crippen LogP contribution in [0.3, 0.4) is 0 Å². The van der Waals surface area contributed by atoms with Crippen molar-refractivity contribution in [3.63, 3.8) is 0 Å². The van der Waals surface area contributed by atoms with Crippen molar-refractivity contribution in [3.8, 4) is 0 Å². The summed E-state index contributed by atoms with van der Waals surface area (Å²) in [6.07, 6.45) is 7.16. The zero-order valence-corrected chi connectivity index (χ0v) is 9.80. The van der Waals surface area contributed by atoms with Gasteiger partial charge in [-0.3, -0.25) is 4.79 Å². The Balaban J connectivity index is 2.25. The quantitative estimate of drug-likeness (QED) is 0.696. The highest BCUT2D eigenvalue weighted by atomic mass is 16.1. The maximum Gasteiger partial charge on any atom is 0.223 e. The third-order valence-corrected chi connectivity index (χ3v) is 3.25. The number of hydrogen-bond acceptors (Lipinski definition) is 2. The van der Waals surface area contributed by atoms with Crippen molar-refractivity contribution >= 4 is 5.91 Å². The van der Waals surface area contributed by atoms with Crippen molar-refractivity contribution < 1.29 is 4.79 Å². The first-order chi connectivity index (χ1) is 7.24. The average Bonchev–Trinajstić information content (AvgIpc) is 2.53. The van der Waals surface area contributed by atoms with E-state index in [1.165, 1.54) is 25.7 Å². The van der Waals surface area contributed by atoms with E-state index in [4.69, 9.17) is 5.73 Å². The first-order valence-electron chi connectivity index (χ1n) is 6.21. The summed E-state index contributed by atoms with van der Waals surface area (Å²) >= 11 is 0. The van der Waals surface area contributed by atoms with Crippen LogP contribution in [0.1, 0.15) is 45.4 Å². The smallest absolute Gasteiger partial charge is 0.223 e. The van der Waals surface area contributed by atoms with E-state index in [2.05, 4.69) is 12.2 Å². The van der Waals surface area contributed by atoms with Crippen LogP contribution in [0.5, 0.6) is 0 Å². The van der Waals surface area contributed by atoms with E-state index in [-0.39, 0.29) is 11.8 Å². The van der Waals surface area contributed by atoms with Gasteiger partial charge in [0.1, 0.15) is 0 Å². The Morgan fingerprint density at radius 3 is 2.47 bits per heavy atom. The summed E-state index contributed by atoms with van der Waals surface area (Å²) in [7, 11) is 0. The van der Waals surface area contributed by atoms with Gasteiger partial charge in [0, 0.05) is 12.5 Å². The SMILES string of the molecule is CC(CN)CNC(=O)C1CCCCCC1. The number of nitrogens with two attached hydrogens (primary N) is 1. The van der Waals surface area contributed by atoms with Crippen molar-refractivity contribution in [2.45, 2.75) is 45.4 Å². The van der Waals surface area contributed by atoms with Gasteiger partial charge in [0.25, 0.3) is 0 Å². The number of nitrogens with one attached hydrogen (secondary N) is 1. The van der Waals surface area contributed by atoms with Gasteiger partial charge in [0.05, 0.1) is 0 Å². The molecule has 15 heavy (non-hydrogen) atoms. The summed E-state index contributed by atoms with van der Waals surface area (Å²) in [5, 5.41) is 3.01. The normalized spacial score (nSPS) is 20.7. The molecule has 0 bridgehead atoms. The van der Waals surface area contributed by atoms with Crippen molar-refractivity contribution in [1.82, 2.24) is 5.32 Å². The summed E-state index contributed by atoms with van der Waals surface area (Å²) in [5.41, 5.74) is 5.51. The van der Waals surface area contributed by atoms with Crippen molar-refractivity contribution in [1.29, 1.82) is 0 Å². The Labute approximate surface area is 92.8 Å². The number of rotatable bonds is 4. The number of carbonyl (C=O) groups is 1. The van der Waals surface area contributed by atoms with E-state index in [0.717, 1.165) is 19.4 Å². The maximum absolute atomic E-state index is 11.8. The van der Waals surface area contributed by atoms with Gasteiger partial charge in [0.15, 0.2) is 0 Å². The zero-order valence-electron chi connectivity index (χ0n) is 9.80. The molecule has 0 aromatic heterocycles. The monoisotopic (exact) mass is 212 g/mol. The van der Waals surface area contributed by atoms with Crippen LogP contribution in [0.25, 0.3) is 0 Å². The summed E-state index contributed by atoms with van der Waals surface area (Å²) in [4.78, 5) is 11.8. The molecule has 3 nitrogen and oxygen atoms in total. The zero-order chi connectivity index (χ0) is 11.1. The molecule has 0 saturated heterocycles. The van der Waals surface area contributed by atoms with Crippen LogP contribution in [-0.2, 0) is 4.79 Å². The topological polar surface area (TPSA) is 55.1 Å². The van der Waals surface area contributed by atoms with Gasteiger partial charge < -0.3 is 11.1 Å². The fourth-order valence-electron chi connectivity index (χ4n) is 2.04. The van der Waals surface area contributed by atoms with Gasteiger partial charge in [-0.15, -0.1) is 0 Å². The van der Waals surface area contributed by atoms with Crippen LogP contribution in [0, 0.1) is 11.8 Å². The van der Waals surface area contributed by atoms with E-state index in [0.29, 0.717) is 12.5 Å². The Bertz CT molecular complexity index is 186. The summed E-state index contributed by atoms with van der Waals surface area (Å²) < 4.78 is 0. The number of carbonyl (C=O) groups excluding carboxylic acids is 1. The molecule has 0 heterocycles. The second-order valence-corrected chi connectivity index (χ2v) is 4.77. The second-order valence-electron chi connectivity index (χ2n) is 4.77. The first-order valence-corrected chi connectivity index (χ1v) is 6.21. The highest BCUT2D eigenvalue weighted by Crippen LogP contribution is 2.22. The molecular formula is C12H24N2O. The van der Waals surface area contributed by atoms with Crippen LogP contribution in [0.4, 0.5) is 0 Å². The minimum absolute atomic E-state index is 0.247. The molecule has 0 aliphatic heterocycles. The van der Waals surface area contributed by atoms with Crippen LogP contribution < -0.4 is 11.1 Å². The molecule has 1 aliphatic rings. The molecule has 1 atom stereocenters. The lowest BCUT2D eigenvalue weighted by atomic mass is 9.99. The summed E-state index contributed by atoms with van der Waals surface area (Å²) in [6, 6.07) is 0. The van der Waals surface area contributed by atoms with Crippen LogP contribution in [0.2, 0.25) is 0 Å². The predicted octanol–water partition coefficient (Wildman–Crippen LogP) is 1.67. The highest BCUT2D eigenvalue weighted by molar-refractivity contribution is 5.78. The lowest BCUT2D eigenvalue weighted by Gasteiger charge is -2.16. The molecule has 88 valence electrons. The molecule has 1 amide bonds. The van der Waals surface area contributed by atoms with Gasteiger partial charge >= 0.3 is 0 Å². The van der Waals surface area contributed by atoms with Gasteiger partial charge in [-0.25, -0.2) is 0 Å². The minimum Gasteiger partial charge on any atom is -0.356 e. The van der Waals surface area contributed by atoms with E-state index >= 15 is 0 Å². The molecule has 1 saturated carbocycles. The molecular weight excluding hydrogens is 188 g/mol. The lowest BCUT2D eigenvalue weighted by Crippen LogP contribution is -2.35. The fourth-order valence-corrected chi connectivity index (χ4v) is 2.04. The van der Waals surface area contributed by atoms with Gasteiger partial charge in [-0.2, -0.15) is 0 Å². The summed E-state index contributed by atoms with van der Waals surface area (Å²) in [6.45, 7) is 3.43. The lowest BCUT2D eigenvalue weighted by molar-refractivity contribution is -0.125. The Hall–Kier alpha value is -0.570. The number of amides is 1. The van der Waals surface area contributed by atoms with Crippen LogP contribution >= 0.6 is 0 Å². The maximum atomic E-state index is 11.8.